The Balaban J connectivity index is 0.679. The molecule has 3 aliphatic carbocycles. The van der Waals surface area contributed by atoms with E-state index in [1.54, 1.807) is 35.9 Å². The Morgan fingerprint density at radius 3 is 2.33 bits per heavy atom. The summed E-state index contributed by atoms with van der Waals surface area (Å²) in [5.74, 6) is -4.51. The van der Waals surface area contributed by atoms with E-state index in [-0.39, 0.29) is 42.0 Å². The molecular weight excluding hydrogens is 910 g/mol. The minimum Gasteiger partial charge on any atom is -0.497 e. The first-order valence-electron chi connectivity index (χ1n) is 23.7. The molecule has 5 fully saturated rings. The van der Waals surface area contributed by atoms with Gasteiger partial charge in [-0.25, -0.2) is 13.6 Å². The highest BCUT2D eigenvalue weighted by atomic mass is 19.2. The van der Waals surface area contributed by atoms with Crippen LogP contribution < -0.4 is 30.7 Å². The molecule has 2 N–H and O–H groups in total. The fraction of sp³-hybridized carbons (Fsp3) is 0.440. The lowest BCUT2D eigenvalue weighted by Crippen LogP contribution is -2.49. The highest BCUT2D eigenvalue weighted by Gasteiger charge is 2.52. The Hall–Kier alpha value is -7.09. The number of imidazole rings is 1. The van der Waals surface area contributed by atoms with Crippen molar-refractivity contribution in [3.8, 4) is 23.0 Å². The number of benzene rings is 3. The first kappa shape index (κ1) is 46.6. The molecule has 3 aromatic carbocycles. The number of fused-ring (bicyclic) bond motifs is 4. The number of halogens is 3. The first-order valence-corrected chi connectivity index (χ1v) is 23.7. The maximum atomic E-state index is 15.2. The zero-order valence-corrected chi connectivity index (χ0v) is 38.9. The molecule has 5 aliphatic rings. The minimum atomic E-state index is -1.57. The number of nitrogens with zero attached hydrogens (tertiary/aromatic N) is 8. The Morgan fingerprint density at radius 1 is 0.886 bits per heavy atom. The van der Waals surface area contributed by atoms with Gasteiger partial charge in [-0.05, 0) is 123 Å². The zero-order chi connectivity index (χ0) is 48.7. The molecule has 20 heteroatoms. The summed E-state index contributed by atoms with van der Waals surface area (Å²) in [7, 11) is 3.22. The molecule has 3 aromatic heterocycles. The number of anilines is 1. The number of imide groups is 1. The second kappa shape index (κ2) is 19.0. The summed E-state index contributed by atoms with van der Waals surface area (Å²) in [4.78, 5) is 60.0. The van der Waals surface area contributed by atoms with Gasteiger partial charge in [0.25, 0.3) is 5.91 Å². The molecule has 3 saturated carbocycles. The molecule has 1 unspecified atom stereocenters. The number of carbonyl (C=O) groups excluding carboxylic acids is 3. The van der Waals surface area contributed by atoms with Gasteiger partial charge in [0.1, 0.15) is 24.1 Å². The highest BCUT2D eigenvalue weighted by Crippen LogP contribution is 2.57. The molecule has 0 spiro atoms. The van der Waals surface area contributed by atoms with E-state index in [1.165, 1.54) is 11.7 Å². The molecule has 1 atom stereocenters. The molecule has 11 rings (SSSR count). The van der Waals surface area contributed by atoms with E-state index in [0.717, 1.165) is 101 Å². The minimum absolute atomic E-state index is 0.198. The lowest BCUT2D eigenvalue weighted by atomic mass is 9.53. The van der Waals surface area contributed by atoms with Gasteiger partial charge in [0.05, 0.1) is 23.7 Å². The van der Waals surface area contributed by atoms with Gasteiger partial charge in [0, 0.05) is 51.6 Å². The fourth-order valence-electron chi connectivity index (χ4n) is 10.6. The number of carbonyl (C=O) groups is 3. The highest BCUT2D eigenvalue weighted by molar-refractivity contribution is 6.00. The van der Waals surface area contributed by atoms with E-state index in [4.69, 9.17) is 19.0 Å². The summed E-state index contributed by atoms with van der Waals surface area (Å²) in [6.45, 7) is 4.24. The van der Waals surface area contributed by atoms with Gasteiger partial charge in [0.15, 0.2) is 23.2 Å². The molecular formula is C50H53F3N10O7. The monoisotopic (exact) mass is 962 g/mol. The number of rotatable bonds is 15. The van der Waals surface area contributed by atoms with Gasteiger partial charge in [-0.2, -0.15) is 9.37 Å². The molecule has 5 heterocycles. The van der Waals surface area contributed by atoms with Gasteiger partial charge < -0.3 is 24.2 Å². The van der Waals surface area contributed by atoms with Crippen LogP contribution in [0.2, 0.25) is 0 Å². The summed E-state index contributed by atoms with van der Waals surface area (Å²) < 4.78 is 64.5. The van der Waals surface area contributed by atoms with Crippen LogP contribution in [0.25, 0.3) is 22.6 Å². The third-order valence-electron chi connectivity index (χ3n) is 15.0. The Labute approximate surface area is 400 Å². The van der Waals surface area contributed by atoms with Crippen molar-refractivity contribution in [3.05, 3.63) is 111 Å². The number of piperidine rings is 1. The summed E-state index contributed by atoms with van der Waals surface area (Å²) in [6.07, 6.45) is 6.68. The van der Waals surface area contributed by atoms with Gasteiger partial charge >= 0.3 is 5.69 Å². The van der Waals surface area contributed by atoms with Crippen molar-refractivity contribution in [1.82, 2.24) is 45.0 Å². The molecule has 6 aromatic rings. The van der Waals surface area contributed by atoms with E-state index in [9.17, 15) is 19.2 Å². The predicted octanol–water partition coefficient (Wildman–Crippen LogP) is 5.94. The Bertz CT molecular complexity index is 3000. The number of ether oxygens (including phenoxy) is 2. The lowest BCUT2D eigenvalue weighted by Gasteiger charge is -2.51. The van der Waals surface area contributed by atoms with Crippen LogP contribution in [0.3, 0.4) is 0 Å². The average molecular weight is 963 g/mol. The van der Waals surface area contributed by atoms with Crippen LogP contribution in [0.1, 0.15) is 91.2 Å². The maximum absolute atomic E-state index is 15.2. The van der Waals surface area contributed by atoms with Crippen molar-refractivity contribution in [2.24, 2.45) is 12.5 Å². The fourth-order valence-corrected chi connectivity index (χ4v) is 10.6. The number of hydrogen-bond acceptors (Lipinski definition) is 13. The number of piperazine rings is 1. The van der Waals surface area contributed by atoms with E-state index in [0.29, 0.717) is 46.7 Å². The van der Waals surface area contributed by atoms with Crippen molar-refractivity contribution in [2.75, 3.05) is 51.3 Å². The van der Waals surface area contributed by atoms with E-state index < -0.39 is 46.6 Å². The summed E-state index contributed by atoms with van der Waals surface area (Å²) >= 11 is 0. The number of nitrogens with one attached hydrogen (secondary N) is 2. The topological polar surface area (TPSA) is 192 Å². The van der Waals surface area contributed by atoms with Crippen LogP contribution >= 0.6 is 0 Å². The van der Waals surface area contributed by atoms with Crippen LogP contribution in [0.15, 0.2) is 70.0 Å². The van der Waals surface area contributed by atoms with Crippen LogP contribution in [0.5, 0.6) is 11.5 Å². The van der Waals surface area contributed by atoms with Gasteiger partial charge in [-0.3, -0.25) is 33.7 Å². The van der Waals surface area contributed by atoms with E-state index >= 15 is 13.2 Å². The van der Waals surface area contributed by atoms with Crippen molar-refractivity contribution in [3.63, 3.8) is 0 Å². The van der Waals surface area contributed by atoms with Crippen LogP contribution in [-0.2, 0) is 35.1 Å². The van der Waals surface area contributed by atoms with Crippen LogP contribution in [0, 0.1) is 22.9 Å². The third kappa shape index (κ3) is 8.99. The molecule has 2 bridgehead atoms. The predicted molar refractivity (Wildman–Crippen MR) is 249 cm³/mol. The lowest BCUT2D eigenvalue weighted by molar-refractivity contribution is -0.135. The normalized spacial score (nSPS) is 21.6. The van der Waals surface area contributed by atoms with Crippen molar-refractivity contribution in [1.29, 1.82) is 0 Å². The van der Waals surface area contributed by atoms with E-state index in [1.807, 2.05) is 30.3 Å². The van der Waals surface area contributed by atoms with Gasteiger partial charge in [-0.1, -0.05) is 23.4 Å². The third-order valence-corrected chi connectivity index (χ3v) is 15.0. The van der Waals surface area contributed by atoms with Crippen molar-refractivity contribution >= 4 is 34.6 Å². The number of amides is 3. The molecule has 17 nitrogen and oxygen atoms in total. The molecule has 366 valence electrons. The van der Waals surface area contributed by atoms with Crippen molar-refractivity contribution in [2.45, 2.75) is 82.3 Å². The van der Waals surface area contributed by atoms with Crippen molar-refractivity contribution < 1.29 is 41.6 Å². The quantitative estimate of drug-likeness (QED) is 0.0909. The number of hydrogen-bond donors (Lipinski definition) is 2. The summed E-state index contributed by atoms with van der Waals surface area (Å²) in [5.41, 5.74) is 2.04. The molecule has 0 radical (unpaired) electrons. The van der Waals surface area contributed by atoms with E-state index in [2.05, 4.69) is 35.8 Å². The second-order valence-electron chi connectivity index (χ2n) is 19.1. The number of aryl methyl sites for hydroxylation is 2. The largest absolute Gasteiger partial charge is 0.497 e. The molecule has 2 saturated heterocycles. The Kier molecular flexibility index (Phi) is 12.7. The molecule has 70 heavy (non-hydrogen) atoms. The smallest absolute Gasteiger partial charge is 0.329 e. The molecule has 3 amide bonds. The van der Waals surface area contributed by atoms with Gasteiger partial charge in [-0.15, -0.1) is 10.2 Å². The number of aromatic nitrogens is 6. The molecule has 2 aliphatic heterocycles. The summed E-state index contributed by atoms with van der Waals surface area (Å²) in [6, 6.07) is 16.3. The summed E-state index contributed by atoms with van der Waals surface area (Å²) in [5, 5.41) is 18.4. The second-order valence-corrected chi connectivity index (χ2v) is 19.1. The standard InChI is InChI=1S/C50H53F3N10O7/c1-60-38-26-30(7-11-36(38)63(48(60)67)37-12-14-40(64)55-46(37)66)4-3-21-61-22-24-62(25-23-61)39-13-10-35(57-58-39)44-56-47(70-59-44)50-18-15-49(16-19-50,17-20-50)29-54-45(65)33-27-34(51)43(42(53)41(33)52)69-28-31-5-8-32(68-2)9-6-31/h5-11,13,26-27,37H,3-4,12,14-25,28-29H2,1-2H3,(H,54,65)(H,55,64,66). The Morgan fingerprint density at radius 2 is 1.63 bits per heavy atom. The van der Waals surface area contributed by atoms with Gasteiger partial charge in [0.2, 0.25) is 29.3 Å². The SMILES string of the molecule is COc1ccc(COc2c(F)cc(C(=O)NCC34CCC(c5nc(-c6ccc(N7CCN(CCCc8ccc9c(c8)n(C)c(=O)n9C8CCC(=O)NC8=O)CC7)nn6)no5)(CC3)CC4)c(F)c2F)cc1. The average Bonchev–Trinajstić information content (AvgIpc) is 3.98. The van der Waals surface area contributed by atoms with Crippen LogP contribution in [-0.4, -0.2) is 98.5 Å². The van der Waals surface area contributed by atoms with Crippen LogP contribution in [0.4, 0.5) is 19.0 Å². The first-order chi connectivity index (χ1) is 33.8. The number of methoxy groups -OCH3 is 1. The zero-order valence-electron chi connectivity index (χ0n) is 38.9. The maximum Gasteiger partial charge on any atom is 0.329 e.